The second-order valence-corrected chi connectivity index (χ2v) is 7.40. The van der Waals surface area contributed by atoms with Crippen LogP contribution in [0.2, 0.25) is 0 Å². The summed E-state index contributed by atoms with van der Waals surface area (Å²) in [7, 11) is 3.21. The first kappa shape index (κ1) is 21.6. The predicted octanol–water partition coefficient (Wildman–Crippen LogP) is 4.20. The molecule has 3 rings (SSSR count). The molecule has 0 aliphatic carbocycles. The second-order valence-electron chi connectivity index (χ2n) is 7.02. The van der Waals surface area contributed by atoms with Crippen LogP contribution >= 0.6 is 12.2 Å². The molecule has 0 spiro atoms. The van der Waals surface area contributed by atoms with Crippen LogP contribution in [0.1, 0.15) is 30.5 Å². The number of hydrogen-bond acceptors (Lipinski definition) is 5. The number of H-pyrrole nitrogens is 1. The number of ether oxygens (including phenoxy) is 2. The number of nitrogens with zero attached hydrogens (tertiary/aromatic N) is 2. The monoisotopic (exact) mass is 426 g/mol. The number of methoxy groups -OCH3 is 2. The summed E-state index contributed by atoms with van der Waals surface area (Å²) < 4.78 is 13.0. The van der Waals surface area contributed by atoms with E-state index in [-0.39, 0.29) is 18.4 Å². The first-order valence-electron chi connectivity index (χ1n) is 9.66. The van der Waals surface area contributed by atoms with Crippen LogP contribution in [0.3, 0.4) is 0 Å². The first-order chi connectivity index (χ1) is 14.4. The summed E-state index contributed by atoms with van der Waals surface area (Å²) in [6, 6.07) is 13.3. The molecule has 2 aromatic carbocycles. The van der Waals surface area contributed by atoms with E-state index in [1.165, 1.54) is 5.56 Å². The third-order valence-corrected chi connectivity index (χ3v) is 5.22. The topological polar surface area (TPSA) is 81.2 Å². The number of carbonyl (C=O) groups is 1. The molecule has 1 aromatic heterocycles. The van der Waals surface area contributed by atoms with E-state index in [0.717, 1.165) is 17.0 Å². The molecule has 7 nitrogen and oxygen atoms in total. The molecule has 0 saturated heterocycles. The van der Waals surface area contributed by atoms with Gasteiger partial charge in [-0.15, -0.1) is 0 Å². The standard InChI is InChI=1S/C22H26N4O3S/c1-14-5-7-16(8-6-14)21-24-25-22(30)26(21)12-11-20(27)23-15(2)18-13-17(28-3)9-10-19(18)29-4/h5-10,13,15H,11-12H2,1-4H3,(H,23,27)(H,25,30). The van der Waals surface area contributed by atoms with Crippen molar-refractivity contribution in [2.45, 2.75) is 32.9 Å². The Bertz CT molecular complexity index is 1070. The van der Waals surface area contributed by atoms with Gasteiger partial charge in [-0.3, -0.25) is 14.5 Å². The van der Waals surface area contributed by atoms with E-state index >= 15 is 0 Å². The Morgan fingerprint density at radius 2 is 1.93 bits per heavy atom. The van der Waals surface area contributed by atoms with Gasteiger partial charge in [0.1, 0.15) is 11.5 Å². The molecule has 1 amide bonds. The highest BCUT2D eigenvalue weighted by atomic mass is 32.1. The Kier molecular flexibility index (Phi) is 6.89. The lowest BCUT2D eigenvalue weighted by Crippen LogP contribution is -2.27. The highest BCUT2D eigenvalue weighted by Gasteiger charge is 2.16. The summed E-state index contributed by atoms with van der Waals surface area (Å²) in [6.07, 6.45) is 0.267. The summed E-state index contributed by atoms with van der Waals surface area (Å²) in [4.78, 5) is 12.6. The van der Waals surface area contributed by atoms with E-state index in [0.29, 0.717) is 22.8 Å². The fraction of sp³-hybridized carbons (Fsp3) is 0.318. The van der Waals surface area contributed by atoms with E-state index in [1.807, 2.05) is 60.9 Å². The molecule has 0 aliphatic rings. The highest BCUT2D eigenvalue weighted by Crippen LogP contribution is 2.29. The number of aryl methyl sites for hydroxylation is 1. The minimum Gasteiger partial charge on any atom is -0.497 e. The lowest BCUT2D eigenvalue weighted by molar-refractivity contribution is -0.121. The molecule has 0 saturated carbocycles. The summed E-state index contributed by atoms with van der Waals surface area (Å²) in [5, 5.41) is 10.2. The van der Waals surface area contributed by atoms with Crippen molar-refractivity contribution in [1.82, 2.24) is 20.1 Å². The second kappa shape index (κ2) is 9.58. The van der Waals surface area contributed by atoms with Crippen LogP contribution in [-0.2, 0) is 11.3 Å². The summed E-state index contributed by atoms with van der Waals surface area (Å²) in [5.41, 5.74) is 2.97. The van der Waals surface area contributed by atoms with E-state index in [9.17, 15) is 4.79 Å². The van der Waals surface area contributed by atoms with Crippen LogP contribution in [-0.4, -0.2) is 34.9 Å². The molecule has 158 valence electrons. The number of aromatic nitrogens is 3. The zero-order chi connectivity index (χ0) is 21.7. The molecule has 0 bridgehead atoms. The lowest BCUT2D eigenvalue weighted by atomic mass is 10.1. The molecule has 30 heavy (non-hydrogen) atoms. The van der Waals surface area contributed by atoms with Crippen molar-refractivity contribution in [1.29, 1.82) is 0 Å². The average molecular weight is 427 g/mol. The van der Waals surface area contributed by atoms with E-state index in [2.05, 4.69) is 15.5 Å². The molecule has 8 heteroatoms. The van der Waals surface area contributed by atoms with Gasteiger partial charge in [0.15, 0.2) is 10.6 Å². The Morgan fingerprint density at radius 3 is 2.60 bits per heavy atom. The Labute approximate surface area is 181 Å². The van der Waals surface area contributed by atoms with Gasteiger partial charge in [0.25, 0.3) is 0 Å². The van der Waals surface area contributed by atoms with Gasteiger partial charge in [0.05, 0.1) is 20.3 Å². The van der Waals surface area contributed by atoms with Crippen molar-refractivity contribution in [3.8, 4) is 22.9 Å². The van der Waals surface area contributed by atoms with Crippen LogP contribution < -0.4 is 14.8 Å². The lowest BCUT2D eigenvalue weighted by Gasteiger charge is -2.18. The van der Waals surface area contributed by atoms with Crippen LogP contribution in [0.4, 0.5) is 0 Å². The Hall–Kier alpha value is -3.13. The zero-order valence-electron chi connectivity index (χ0n) is 17.6. The largest absolute Gasteiger partial charge is 0.497 e. The van der Waals surface area contributed by atoms with Crippen molar-refractivity contribution in [2.75, 3.05) is 14.2 Å². The van der Waals surface area contributed by atoms with Gasteiger partial charge in [-0.05, 0) is 44.3 Å². The van der Waals surface area contributed by atoms with Gasteiger partial charge in [-0.25, -0.2) is 0 Å². The number of benzene rings is 2. The van der Waals surface area contributed by atoms with Gasteiger partial charge in [-0.2, -0.15) is 5.10 Å². The first-order valence-corrected chi connectivity index (χ1v) is 10.1. The minimum atomic E-state index is -0.239. The fourth-order valence-electron chi connectivity index (χ4n) is 3.23. The minimum absolute atomic E-state index is 0.0923. The van der Waals surface area contributed by atoms with Crippen LogP contribution in [0.25, 0.3) is 11.4 Å². The number of carbonyl (C=O) groups excluding carboxylic acids is 1. The van der Waals surface area contributed by atoms with Gasteiger partial charge >= 0.3 is 0 Å². The molecular weight excluding hydrogens is 400 g/mol. The number of amides is 1. The summed E-state index contributed by atoms with van der Waals surface area (Å²) in [6.45, 7) is 4.37. The Balaban J connectivity index is 1.69. The third-order valence-electron chi connectivity index (χ3n) is 4.91. The molecule has 1 heterocycles. The molecule has 1 atom stereocenters. The molecule has 3 aromatic rings. The normalized spacial score (nSPS) is 11.7. The molecule has 1 unspecified atom stereocenters. The molecule has 0 radical (unpaired) electrons. The number of nitrogens with one attached hydrogen (secondary N) is 2. The number of aromatic amines is 1. The maximum atomic E-state index is 12.6. The molecule has 2 N–H and O–H groups in total. The Morgan fingerprint density at radius 1 is 1.20 bits per heavy atom. The van der Waals surface area contributed by atoms with Gasteiger partial charge in [0.2, 0.25) is 5.91 Å². The SMILES string of the molecule is COc1ccc(OC)c(C(C)NC(=O)CCn2c(-c3ccc(C)cc3)n[nH]c2=S)c1. The van der Waals surface area contributed by atoms with Crippen molar-refractivity contribution < 1.29 is 14.3 Å². The third kappa shape index (κ3) is 4.88. The summed E-state index contributed by atoms with van der Waals surface area (Å²) >= 11 is 5.36. The fourth-order valence-corrected chi connectivity index (χ4v) is 3.45. The zero-order valence-corrected chi connectivity index (χ0v) is 18.4. The van der Waals surface area contributed by atoms with Crippen LogP contribution in [0.15, 0.2) is 42.5 Å². The number of hydrogen-bond donors (Lipinski definition) is 2. The van der Waals surface area contributed by atoms with Crippen LogP contribution in [0.5, 0.6) is 11.5 Å². The van der Waals surface area contributed by atoms with Crippen LogP contribution in [0, 0.1) is 11.7 Å². The highest BCUT2D eigenvalue weighted by molar-refractivity contribution is 7.71. The van der Waals surface area contributed by atoms with Gasteiger partial charge in [-0.1, -0.05) is 29.8 Å². The van der Waals surface area contributed by atoms with E-state index in [1.54, 1.807) is 14.2 Å². The van der Waals surface area contributed by atoms with E-state index < -0.39 is 0 Å². The molecule has 0 fully saturated rings. The van der Waals surface area contributed by atoms with E-state index in [4.69, 9.17) is 21.7 Å². The summed E-state index contributed by atoms with van der Waals surface area (Å²) in [5.74, 6) is 2.03. The van der Waals surface area contributed by atoms with Crippen molar-refractivity contribution in [2.24, 2.45) is 0 Å². The quantitative estimate of drug-likeness (QED) is 0.528. The molecule has 0 aliphatic heterocycles. The van der Waals surface area contributed by atoms with Crippen molar-refractivity contribution >= 4 is 18.1 Å². The predicted molar refractivity (Wildman–Crippen MR) is 118 cm³/mol. The van der Waals surface area contributed by atoms with Crippen molar-refractivity contribution in [3.05, 3.63) is 58.4 Å². The average Bonchev–Trinajstić information content (AvgIpc) is 3.12. The molecular formula is C22H26N4O3S. The smallest absolute Gasteiger partial charge is 0.222 e. The maximum absolute atomic E-state index is 12.6. The van der Waals surface area contributed by atoms with Crippen molar-refractivity contribution in [3.63, 3.8) is 0 Å². The van der Waals surface area contributed by atoms with Gasteiger partial charge in [0, 0.05) is 24.1 Å². The number of rotatable bonds is 8. The van der Waals surface area contributed by atoms with Gasteiger partial charge < -0.3 is 14.8 Å². The maximum Gasteiger partial charge on any atom is 0.222 e.